The molecule has 1 amide bonds. The van der Waals surface area contributed by atoms with Crippen LogP contribution in [0.1, 0.15) is 21.8 Å². The largest absolute Gasteiger partial charge is 0.333 e. The highest BCUT2D eigenvalue weighted by molar-refractivity contribution is 7.11. The van der Waals surface area contributed by atoms with Crippen LogP contribution in [0.25, 0.3) is 11.2 Å². The number of carbonyl (C=O) groups excluding carboxylic acids is 1. The first-order valence-electron chi connectivity index (χ1n) is 7.27. The van der Waals surface area contributed by atoms with Crippen LogP contribution in [0.5, 0.6) is 0 Å². The van der Waals surface area contributed by atoms with Crippen LogP contribution < -0.4 is 0 Å². The van der Waals surface area contributed by atoms with Gasteiger partial charge in [0.1, 0.15) is 11.3 Å². The Morgan fingerprint density at radius 3 is 2.95 bits per heavy atom. The Labute approximate surface area is 132 Å². The van der Waals surface area contributed by atoms with E-state index < -0.39 is 0 Å². The second kappa shape index (κ2) is 5.42. The van der Waals surface area contributed by atoms with Crippen molar-refractivity contribution in [3.8, 4) is 0 Å². The van der Waals surface area contributed by atoms with E-state index in [-0.39, 0.29) is 5.91 Å². The zero-order valence-corrected chi connectivity index (χ0v) is 12.8. The van der Waals surface area contributed by atoms with Crippen LogP contribution in [0.15, 0.2) is 54.2 Å². The number of hydrogen-bond donors (Lipinski definition) is 0. The molecule has 1 aliphatic rings. The van der Waals surface area contributed by atoms with Crippen molar-refractivity contribution in [3.05, 3.63) is 64.8 Å². The van der Waals surface area contributed by atoms with Gasteiger partial charge >= 0.3 is 0 Å². The van der Waals surface area contributed by atoms with E-state index in [4.69, 9.17) is 0 Å². The Bertz CT molecular complexity index is 848. The summed E-state index contributed by atoms with van der Waals surface area (Å²) in [5.41, 5.74) is 2.78. The van der Waals surface area contributed by atoms with Crippen LogP contribution in [0.3, 0.4) is 0 Å². The van der Waals surface area contributed by atoms with Gasteiger partial charge in [-0.1, -0.05) is 18.2 Å². The Kier molecular flexibility index (Phi) is 3.27. The van der Waals surface area contributed by atoms with Gasteiger partial charge in [0.25, 0.3) is 5.91 Å². The topological polar surface area (TPSA) is 37.6 Å². The van der Waals surface area contributed by atoms with Crippen molar-refractivity contribution in [2.75, 3.05) is 13.1 Å². The summed E-state index contributed by atoms with van der Waals surface area (Å²) < 4.78 is 1.85. The summed E-state index contributed by atoms with van der Waals surface area (Å²) in [7, 11) is 0. The van der Waals surface area contributed by atoms with Crippen LogP contribution in [0.2, 0.25) is 0 Å². The monoisotopic (exact) mass is 309 g/mol. The average Bonchev–Trinajstić information content (AvgIpc) is 3.24. The van der Waals surface area contributed by atoms with Gasteiger partial charge in [0.05, 0.1) is 6.20 Å². The molecule has 3 aromatic rings. The molecule has 0 spiro atoms. The molecule has 0 aromatic carbocycles. The zero-order valence-electron chi connectivity index (χ0n) is 12.0. The van der Waals surface area contributed by atoms with Gasteiger partial charge in [-0.05, 0) is 35.6 Å². The summed E-state index contributed by atoms with van der Waals surface area (Å²) in [6.07, 6.45) is 6.61. The van der Waals surface area contributed by atoms with E-state index >= 15 is 0 Å². The zero-order chi connectivity index (χ0) is 14.9. The molecular formula is C17H15N3OS. The minimum Gasteiger partial charge on any atom is -0.333 e. The van der Waals surface area contributed by atoms with Crippen molar-refractivity contribution in [1.29, 1.82) is 0 Å². The molecule has 0 fully saturated rings. The summed E-state index contributed by atoms with van der Waals surface area (Å²) in [5.74, 6) is 0.0418. The highest BCUT2D eigenvalue weighted by atomic mass is 32.1. The molecule has 0 atom stereocenters. The molecule has 4 rings (SSSR count). The lowest BCUT2D eigenvalue weighted by Crippen LogP contribution is -2.35. The number of thiophene rings is 1. The van der Waals surface area contributed by atoms with E-state index in [9.17, 15) is 4.79 Å². The van der Waals surface area contributed by atoms with Crippen LogP contribution in [0.4, 0.5) is 0 Å². The Morgan fingerprint density at radius 2 is 2.18 bits per heavy atom. The van der Waals surface area contributed by atoms with E-state index in [1.54, 1.807) is 17.5 Å². The van der Waals surface area contributed by atoms with Crippen LogP contribution in [-0.2, 0) is 0 Å². The fourth-order valence-corrected chi connectivity index (χ4v) is 3.59. The summed E-state index contributed by atoms with van der Waals surface area (Å²) in [5, 5.41) is 2.09. The number of aromatic nitrogens is 2. The van der Waals surface area contributed by atoms with Gasteiger partial charge < -0.3 is 4.90 Å². The number of hydrogen-bond acceptors (Lipinski definition) is 3. The first-order valence-corrected chi connectivity index (χ1v) is 8.15. The Balaban J connectivity index is 1.57. The van der Waals surface area contributed by atoms with Gasteiger partial charge in [-0.25, -0.2) is 4.98 Å². The summed E-state index contributed by atoms with van der Waals surface area (Å²) in [4.78, 5) is 20.2. The number of rotatable bonds is 2. The lowest BCUT2D eigenvalue weighted by atomic mass is 10.1. The molecule has 1 aliphatic heterocycles. The van der Waals surface area contributed by atoms with Crippen molar-refractivity contribution in [1.82, 2.24) is 14.3 Å². The molecule has 0 bridgehead atoms. The normalized spacial score (nSPS) is 15.1. The number of amides is 1. The summed E-state index contributed by atoms with van der Waals surface area (Å²) in [6.45, 7) is 1.41. The maximum Gasteiger partial charge on any atom is 0.272 e. The minimum atomic E-state index is 0.0418. The summed E-state index contributed by atoms with van der Waals surface area (Å²) in [6, 6.07) is 9.95. The van der Waals surface area contributed by atoms with Gasteiger partial charge in [0, 0.05) is 24.2 Å². The fraction of sp³-hybridized carbons (Fsp3) is 0.176. The predicted octanol–water partition coefficient (Wildman–Crippen LogP) is 3.33. The standard InChI is InChI=1S/C17H15N3OS/c21-17(14-12-18-16-5-1-2-8-20(14)16)19-9-6-13(7-10-19)15-4-3-11-22-15/h1-6,8,11-12H,7,9-10H2. The van der Waals surface area contributed by atoms with Crippen molar-refractivity contribution in [2.24, 2.45) is 0 Å². The second-order valence-electron chi connectivity index (χ2n) is 5.28. The third-order valence-corrected chi connectivity index (χ3v) is 4.92. The summed E-state index contributed by atoms with van der Waals surface area (Å²) >= 11 is 1.75. The molecule has 4 nitrogen and oxygen atoms in total. The fourth-order valence-electron chi connectivity index (χ4n) is 2.79. The molecule has 0 aliphatic carbocycles. The van der Waals surface area contributed by atoms with E-state index in [2.05, 4.69) is 28.6 Å². The van der Waals surface area contributed by atoms with Crippen LogP contribution >= 0.6 is 11.3 Å². The van der Waals surface area contributed by atoms with E-state index in [0.29, 0.717) is 12.2 Å². The number of imidazole rings is 1. The van der Waals surface area contributed by atoms with E-state index in [1.165, 1.54) is 10.5 Å². The molecular weight excluding hydrogens is 294 g/mol. The van der Waals surface area contributed by atoms with Crippen LogP contribution in [-0.4, -0.2) is 33.3 Å². The number of carbonyl (C=O) groups is 1. The van der Waals surface area contributed by atoms with Crippen molar-refractivity contribution in [3.63, 3.8) is 0 Å². The lowest BCUT2D eigenvalue weighted by Gasteiger charge is -2.26. The molecule has 0 N–H and O–H groups in total. The molecule has 0 radical (unpaired) electrons. The van der Waals surface area contributed by atoms with Gasteiger partial charge in [-0.2, -0.15) is 0 Å². The SMILES string of the molecule is O=C(c1cnc2ccccn12)N1CC=C(c2cccs2)CC1. The molecule has 4 heterocycles. The molecule has 5 heteroatoms. The highest BCUT2D eigenvalue weighted by Crippen LogP contribution is 2.26. The highest BCUT2D eigenvalue weighted by Gasteiger charge is 2.22. The smallest absolute Gasteiger partial charge is 0.272 e. The first-order chi connectivity index (χ1) is 10.8. The molecule has 0 saturated carbocycles. The molecule has 110 valence electrons. The van der Waals surface area contributed by atoms with E-state index in [0.717, 1.165) is 18.6 Å². The number of fused-ring (bicyclic) bond motifs is 1. The average molecular weight is 309 g/mol. The molecule has 0 saturated heterocycles. The Morgan fingerprint density at radius 1 is 1.23 bits per heavy atom. The van der Waals surface area contributed by atoms with Gasteiger partial charge in [-0.15, -0.1) is 11.3 Å². The van der Waals surface area contributed by atoms with Crippen LogP contribution in [0, 0.1) is 0 Å². The molecule has 22 heavy (non-hydrogen) atoms. The second-order valence-corrected chi connectivity index (χ2v) is 6.23. The van der Waals surface area contributed by atoms with Gasteiger partial charge in [0.2, 0.25) is 0 Å². The predicted molar refractivity (Wildman–Crippen MR) is 88.0 cm³/mol. The van der Waals surface area contributed by atoms with Crippen molar-refractivity contribution in [2.45, 2.75) is 6.42 Å². The van der Waals surface area contributed by atoms with Gasteiger partial charge in [-0.3, -0.25) is 9.20 Å². The maximum absolute atomic E-state index is 12.7. The first kappa shape index (κ1) is 13.3. The quantitative estimate of drug-likeness (QED) is 0.728. The molecule has 0 unspecified atom stereocenters. The van der Waals surface area contributed by atoms with Crippen molar-refractivity contribution >= 4 is 28.5 Å². The van der Waals surface area contributed by atoms with Crippen molar-refractivity contribution < 1.29 is 4.79 Å². The minimum absolute atomic E-state index is 0.0418. The number of nitrogens with zero attached hydrogens (tertiary/aromatic N) is 3. The molecule has 3 aromatic heterocycles. The maximum atomic E-state index is 12.7. The van der Waals surface area contributed by atoms with E-state index in [1.807, 2.05) is 33.7 Å². The third-order valence-electron chi connectivity index (χ3n) is 3.97. The third kappa shape index (κ3) is 2.23. The lowest BCUT2D eigenvalue weighted by molar-refractivity contribution is 0.0766. The van der Waals surface area contributed by atoms with Gasteiger partial charge in [0.15, 0.2) is 0 Å². The Hall–Kier alpha value is -2.40. The number of pyridine rings is 1.